The molecule has 5 nitrogen and oxygen atoms in total. The van der Waals surface area contributed by atoms with Crippen LogP contribution in [0, 0.1) is 0 Å². The summed E-state index contributed by atoms with van der Waals surface area (Å²) in [5.74, 6) is 0.826. The van der Waals surface area contributed by atoms with Crippen LogP contribution in [0.3, 0.4) is 0 Å². The molecule has 0 bridgehead atoms. The van der Waals surface area contributed by atoms with E-state index in [1.54, 1.807) is 25.6 Å². The number of likely N-dealkylation sites (N-methyl/N-ethyl adjacent to an activating group) is 1. The van der Waals surface area contributed by atoms with Crippen LogP contribution in [0.5, 0.6) is 5.75 Å². The molecule has 1 aromatic carbocycles. The van der Waals surface area contributed by atoms with Crippen LogP contribution >= 0.6 is 11.3 Å². The maximum absolute atomic E-state index is 9.75. The first kappa shape index (κ1) is 16.9. The Kier molecular flexibility index (Phi) is 6.33. The predicted molar refractivity (Wildman–Crippen MR) is 88.3 cm³/mol. The molecular formula is C16H22N2O3S. The van der Waals surface area contributed by atoms with Gasteiger partial charge < -0.3 is 14.6 Å². The van der Waals surface area contributed by atoms with Crippen molar-refractivity contribution in [3.63, 3.8) is 0 Å². The van der Waals surface area contributed by atoms with E-state index in [1.807, 2.05) is 41.6 Å². The van der Waals surface area contributed by atoms with E-state index in [1.165, 1.54) is 0 Å². The van der Waals surface area contributed by atoms with Gasteiger partial charge in [-0.1, -0.05) is 12.1 Å². The van der Waals surface area contributed by atoms with Gasteiger partial charge in [0.15, 0.2) is 0 Å². The number of ether oxygens (including phenoxy) is 2. The average molecular weight is 322 g/mol. The molecule has 1 heterocycles. The summed E-state index contributed by atoms with van der Waals surface area (Å²) in [5.41, 5.74) is 1.99. The highest BCUT2D eigenvalue weighted by molar-refractivity contribution is 7.13. The minimum Gasteiger partial charge on any atom is -0.496 e. The van der Waals surface area contributed by atoms with E-state index in [2.05, 4.69) is 4.98 Å². The molecule has 22 heavy (non-hydrogen) atoms. The smallest absolute Gasteiger partial charge is 0.129 e. The van der Waals surface area contributed by atoms with E-state index >= 15 is 0 Å². The normalized spacial score (nSPS) is 12.6. The summed E-state index contributed by atoms with van der Waals surface area (Å²) in [4.78, 5) is 6.70. The highest BCUT2D eigenvalue weighted by Crippen LogP contribution is 2.31. The third-order valence-corrected chi connectivity index (χ3v) is 4.13. The largest absolute Gasteiger partial charge is 0.496 e. The molecule has 0 spiro atoms. The lowest BCUT2D eigenvalue weighted by atomic mass is 10.2. The molecular weight excluding hydrogens is 300 g/mol. The van der Waals surface area contributed by atoms with E-state index in [-0.39, 0.29) is 0 Å². The number of aliphatic hydroxyl groups excluding tert-OH is 1. The Morgan fingerprint density at radius 2 is 2.09 bits per heavy atom. The van der Waals surface area contributed by atoms with Gasteiger partial charge in [0, 0.05) is 25.6 Å². The monoisotopic (exact) mass is 322 g/mol. The molecule has 0 saturated carbocycles. The molecule has 1 unspecified atom stereocenters. The highest BCUT2D eigenvalue weighted by atomic mass is 32.1. The molecule has 2 aromatic rings. The molecule has 0 aliphatic rings. The van der Waals surface area contributed by atoms with Crippen LogP contribution in [0.15, 0.2) is 29.6 Å². The SMILES string of the molecule is COCC(O)CN(C)Cc1csc(-c2ccccc2OC)n1. The first-order valence-electron chi connectivity index (χ1n) is 7.07. The van der Waals surface area contributed by atoms with Crippen molar-refractivity contribution in [2.45, 2.75) is 12.6 Å². The lowest BCUT2D eigenvalue weighted by molar-refractivity contribution is 0.0417. The van der Waals surface area contributed by atoms with Crippen molar-refractivity contribution >= 4 is 11.3 Å². The van der Waals surface area contributed by atoms with Gasteiger partial charge in [-0.15, -0.1) is 11.3 Å². The molecule has 0 amide bonds. The Hall–Kier alpha value is -1.47. The summed E-state index contributed by atoms with van der Waals surface area (Å²) in [6.07, 6.45) is -0.484. The second kappa shape index (κ2) is 8.24. The fourth-order valence-electron chi connectivity index (χ4n) is 2.27. The Bertz CT molecular complexity index is 588. The number of hydrogen-bond acceptors (Lipinski definition) is 6. The van der Waals surface area contributed by atoms with E-state index in [4.69, 9.17) is 9.47 Å². The maximum atomic E-state index is 9.75. The maximum Gasteiger partial charge on any atom is 0.129 e. The van der Waals surface area contributed by atoms with Crippen LogP contribution in [-0.2, 0) is 11.3 Å². The summed E-state index contributed by atoms with van der Waals surface area (Å²) in [5, 5.41) is 12.7. The molecule has 1 aromatic heterocycles. The quantitative estimate of drug-likeness (QED) is 0.808. The Labute approximate surface area is 135 Å². The fourth-order valence-corrected chi connectivity index (χ4v) is 3.11. The number of aliphatic hydroxyl groups is 1. The van der Waals surface area contributed by atoms with Crippen molar-refractivity contribution in [2.24, 2.45) is 0 Å². The minimum absolute atomic E-state index is 0.341. The van der Waals surface area contributed by atoms with Crippen molar-refractivity contribution in [1.82, 2.24) is 9.88 Å². The molecule has 1 N–H and O–H groups in total. The lowest BCUT2D eigenvalue weighted by Gasteiger charge is -2.18. The summed E-state index contributed by atoms with van der Waals surface area (Å²) in [6.45, 7) is 1.58. The standard InChI is InChI=1S/C16H22N2O3S/c1-18(9-13(19)10-20-2)8-12-11-22-16(17-12)14-6-4-5-7-15(14)21-3/h4-7,11,13,19H,8-10H2,1-3H3. The van der Waals surface area contributed by atoms with Crippen LogP contribution in [0.25, 0.3) is 10.6 Å². The third kappa shape index (κ3) is 4.51. The lowest BCUT2D eigenvalue weighted by Crippen LogP contribution is -2.31. The first-order chi connectivity index (χ1) is 10.6. The summed E-state index contributed by atoms with van der Waals surface area (Å²) < 4.78 is 10.3. The average Bonchev–Trinajstić information content (AvgIpc) is 2.95. The summed E-state index contributed by atoms with van der Waals surface area (Å²) in [7, 11) is 5.21. The van der Waals surface area contributed by atoms with Crippen LogP contribution < -0.4 is 4.74 Å². The van der Waals surface area contributed by atoms with Crippen LogP contribution in [0.2, 0.25) is 0 Å². The van der Waals surface area contributed by atoms with Crippen molar-refractivity contribution in [3.05, 3.63) is 35.3 Å². The van der Waals surface area contributed by atoms with Crippen LogP contribution in [0.1, 0.15) is 5.69 Å². The van der Waals surface area contributed by atoms with Crippen molar-refractivity contribution in [3.8, 4) is 16.3 Å². The molecule has 6 heteroatoms. The predicted octanol–water partition coefficient (Wildman–Crippen LogP) is 2.26. The number of thiazole rings is 1. The second-order valence-electron chi connectivity index (χ2n) is 5.15. The number of para-hydroxylation sites is 1. The topological polar surface area (TPSA) is 54.8 Å². The molecule has 2 rings (SSSR count). The zero-order valence-electron chi connectivity index (χ0n) is 13.2. The van der Waals surface area contributed by atoms with Gasteiger partial charge in [-0.25, -0.2) is 4.98 Å². The summed E-state index contributed by atoms with van der Waals surface area (Å²) in [6, 6.07) is 7.87. The van der Waals surface area contributed by atoms with Gasteiger partial charge in [-0.05, 0) is 19.2 Å². The van der Waals surface area contributed by atoms with Crippen LogP contribution in [-0.4, -0.2) is 55.5 Å². The number of rotatable bonds is 8. The van der Waals surface area contributed by atoms with E-state index in [9.17, 15) is 5.11 Å². The number of hydrogen-bond donors (Lipinski definition) is 1. The van der Waals surface area contributed by atoms with Gasteiger partial charge in [0.1, 0.15) is 10.8 Å². The van der Waals surface area contributed by atoms with Gasteiger partial charge in [-0.2, -0.15) is 0 Å². The molecule has 1 atom stereocenters. The van der Waals surface area contributed by atoms with Crippen molar-refractivity contribution < 1.29 is 14.6 Å². The Morgan fingerprint density at radius 3 is 2.82 bits per heavy atom. The molecule has 0 fully saturated rings. The Morgan fingerprint density at radius 1 is 1.32 bits per heavy atom. The van der Waals surface area contributed by atoms with Gasteiger partial charge in [0.05, 0.1) is 31.1 Å². The Balaban J connectivity index is 2.02. The fraction of sp³-hybridized carbons (Fsp3) is 0.438. The molecule has 0 radical (unpaired) electrons. The summed E-state index contributed by atoms with van der Waals surface area (Å²) >= 11 is 1.60. The highest BCUT2D eigenvalue weighted by Gasteiger charge is 2.12. The van der Waals surface area contributed by atoms with E-state index in [0.29, 0.717) is 19.7 Å². The van der Waals surface area contributed by atoms with Crippen molar-refractivity contribution in [1.29, 1.82) is 0 Å². The number of aromatic nitrogens is 1. The van der Waals surface area contributed by atoms with Gasteiger partial charge in [0.25, 0.3) is 0 Å². The van der Waals surface area contributed by atoms with Gasteiger partial charge in [0.2, 0.25) is 0 Å². The number of benzene rings is 1. The first-order valence-corrected chi connectivity index (χ1v) is 7.95. The molecule has 0 saturated heterocycles. The van der Waals surface area contributed by atoms with Crippen LogP contribution in [0.4, 0.5) is 0 Å². The molecule has 120 valence electrons. The van der Waals surface area contributed by atoms with Crippen molar-refractivity contribution in [2.75, 3.05) is 34.4 Å². The van der Waals surface area contributed by atoms with E-state index < -0.39 is 6.10 Å². The van der Waals surface area contributed by atoms with E-state index in [0.717, 1.165) is 22.0 Å². The minimum atomic E-state index is -0.484. The molecule has 0 aliphatic heterocycles. The number of methoxy groups -OCH3 is 2. The second-order valence-corrected chi connectivity index (χ2v) is 6.01. The van der Waals surface area contributed by atoms with Gasteiger partial charge >= 0.3 is 0 Å². The zero-order chi connectivity index (χ0) is 15.9. The number of nitrogens with zero attached hydrogens (tertiary/aromatic N) is 2. The zero-order valence-corrected chi connectivity index (χ0v) is 14.0. The molecule has 0 aliphatic carbocycles. The van der Waals surface area contributed by atoms with Gasteiger partial charge in [-0.3, -0.25) is 4.90 Å². The third-order valence-electron chi connectivity index (χ3n) is 3.20.